The van der Waals surface area contributed by atoms with Crippen LogP contribution in [0.15, 0.2) is 30.3 Å². The van der Waals surface area contributed by atoms with E-state index in [1.165, 1.54) is 11.3 Å². The Morgan fingerprint density at radius 3 is 2.62 bits per heavy atom. The van der Waals surface area contributed by atoms with Gasteiger partial charge in [-0.05, 0) is 36.2 Å². The summed E-state index contributed by atoms with van der Waals surface area (Å²) in [4.78, 5) is 12.0. The van der Waals surface area contributed by atoms with Gasteiger partial charge in [0.15, 0.2) is 0 Å². The maximum absolute atomic E-state index is 11.0. The number of carboxylic acid groups (broad SMARTS) is 1. The second-order valence-electron chi connectivity index (χ2n) is 3.39. The van der Waals surface area contributed by atoms with Crippen molar-refractivity contribution in [2.24, 2.45) is 0 Å². The van der Waals surface area contributed by atoms with Gasteiger partial charge in [-0.3, -0.25) is 0 Å². The van der Waals surface area contributed by atoms with E-state index in [1.54, 1.807) is 12.1 Å². The maximum Gasteiger partial charge on any atom is 0.335 e. The van der Waals surface area contributed by atoms with E-state index < -0.39 is 5.97 Å². The van der Waals surface area contributed by atoms with Crippen molar-refractivity contribution in [3.63, 3.8) is 0 Å². The molecule has 0 aliphatic carbocycles. The normalized spacial score (nSPS) is 10.4. The molecule has 0 bridgehead atoms. The number of aromatic carboxylic acids is 1. The van der Waals surface area contributed by atoms with Gasteiger partial charge in [0.05, 0.1) is 9.90 Å². The zero-order chi connectivity index (χ0) is 11.7. The average Bonchev–Trinajstić information content (AvgIpc) is 2.64. The van der Waals surface area contributed by atoms with Crippen molar-refractivity contribution in [1.29, 1.82) is 0 Å². The van der Waals surface area contributed by atoms with Crippen molar-refractivity contribution >= 4 is 28.9 Å². The van der Waals surface area contributed by atoms with Gasteiger partial charge < -0.3 is 5.11 Å². The Hall–Kier alpha value is -1.32. The molecule has 2 aromatic rings. The van der Waals surface area contributed by atoms with Crippen molar-refractivity contribution in [2.45, 2.75) is 6.92 Å². The van der Waals surface area contributed by atoms with Crippen LogP contribution < -0.4 is 0 Å². The number of carbonyl (C=O) groups is 1. The van der Waals surface area contributed by atoms with Crippen LogP contribution in [0, 0.1) is 6.92 Å². The first-order chi connectivity index (χ1) is 7.59. The van der Waals surface area contributed by atoms with Gasteiger partial charge in [0.25, 0.3) is 0 Å². The lowest BCUT2D eigenvalue weighted by Gasteiger charge is -2.06. The molecule has 82 valence electrons. The van der Waals surface area contributed by atoms with Crippen LogP contribution in [0.5, 0.6) is 0 Å². The molecule has 2 nitrogen and oxygen atoms in total. The zero-order valence-corrected chi connectivity index (χ0v) is 10.1. The molecule has 0 aliphatic rings. The molecule has 2 rings (SSSR count). The van der Waals surface area contributed by atoms with E-state index in [2.05, 4.69) is 0 Å². The summed E-state index contributed by atoms with van der Waals surface area (Å²) in [5.41, 5.74) is 2.03. The highest BCUT2D eigenvalue weighted by Gasteiger charge is 2.12. The zero-order valence-electron chi connectivity index (χ0n) is 8.53. The van der Waals surface area contributed by atoms with Crippen LogP contribution in [-0.2, 0) is 0 Å². The van der Waals surface area contributed by atoms with Gasteiger partial charge in [-0.1, -0.05) is 23.7 Å². The summed E-state index contributed by atoms with van der Waals surface area (Å²) in [5, 5.41) is 9.02. The van der Waals surface area contributed by atoms with Crippen LogP contribution in [0.1, 0.15) is 15.9 Å². The fraction of sp³-hybridized carbons (Fsp3) is 0.0833. The van der Waals surface area contributed by atoms with Gasteiger partial charge in [0, 0.05) is 4.88 Å². The van der Waals surface area contributed by atoms with Gasteiger partial charge in [-0.25, -0.2) is 4.79 Å². The largest absolute Gasteiger partial charge is 0.478 e. The van der Waals surface area contributed by atoms with E-state index >= 15 is 0 Å². The van der Waals surface area contributed by atoms with E-state index in [4.69, 9.17) is 16.7 Å². The topological polar surface area (TPSA) is 37.3 Å². The Morgan fingerprint density at radius 1 is 1.31 bits per heavy atom. The lowest BCUT2D eigenvalue weighted by molar-refractivity contribution is 0.0696. The maximum atomic E-state index is 11.0. The molecule has 0 fully saturated rings. The van der Waals surface area contributed by atoms with Crippen LogP contribution in [0.4, 0.5) is 0 Å². The van der Waals surface area contributed by atoms with Gasteiger partial charge in [-0.2, -0.15) is 0 Å². The first kappa shape index (κ1) is 11.2. The lowest BCUT2D eigenvalue weighted by Crippen LogP contribution is -2.00. The fourth-order valence-electron chi connectivity index (χ4n) is 1.59. The monoisotopic (exact) mass is 252 g/mol. The highest BCUT2D eigenvalue weighted by Crippen LogP contribution is 2.33. The highest BCUT2D eigenvalue weighted by atomic mass is 35.5. The summed E-state index contributed by atoms with van der Waals surface area (Å²) >= 11 is 7.32. The number of hydrogen-bond acceptors (Lipinski definition) is 2. The Labute approximate surface area is 102 Å². The second-order valence-corrected chi connectivity index (χ2v) is 5.10. The molecular weight excluding hydrogens is 244 g/mol. The number of halogens is 1. The molecule has 4 heteroatoms. The average molecular weight is 253 g/mol. The van der Waals surface area contributed by atoms with Gasteiger partial charge in [0.1, 0.15) is 0 Å². The Bertz CT molecular complexity index is 546. The molecule has 1 heterocycles. The van der Waals surface area contributed by atoms with Crippen molar-refractivity contribution < 1.29 is 9.90 Å². The predicted molar refractivity (Wildman–Crippen MR) is 66.5 cm³/mol. The molecule has 0 radical (unpaired) electrons. The molecule has 0 amide bonds. The molecule has 0 saturated carbocycles. The van der Waals surface area contributed by atoms with E-state index in [-0.39, 0.29) is 0 Å². The van der Waals surface area contributed by atoms with Crippen molar-refractivity contribution in [1.82, 2.24) is 0 Å². The number of benzene rings is 1. The summed E-state index contributed by atoms with van der Waals surface area (Å²) < 4.78 is 0.704. The van der Waals surface area contributed by atoms with E-state index in [1.807, 2.05) is 25.1 Å². The number of hydrogen-bond donors (Lipinski definition) is 1. The third-order valence-corrected chi connectivity index (χ3v) is 3.67. The molecule has 0 saturated heterocycles. The Morgan fingerprint density at radius 2 is 2.06 bits per heavy atom. The minimum atomic E-state index is -0.901. The summed E-state index contributed by atoms with van der Waals surface area (Å²) in [6.07, 6.45) is 0. The molecule has 0 atom stereocenters. The van der Waals surface area contributed by atoms with Crippen LogP contribution in [-0.4, -0.2) is 11.1 Å². The third-order valence-electron chi connectivity index (χ3n) is 2.40. The lowest BCUT2D eigenvalue weighted by atomic mass is 10.0. The Kier molecular flexibility index (Phi) is 2.99. The summed E-state index contributed by atoms with van der Waals surface area (Å²) in [7, 11) is 0. The number of rotatable bonds is 2. The molecule has 0 spiro atoms. The quantitative estimate of drug-likeness (QED) is 0.875. The fourth-order valence-corrected chi connectivity index (χ4v) is 2.72. The van der Waals surface area contributed by atoms with Crippen LogP contribution >= 0.6 is 22.9 Å². The SMILES string of the molecule is Cc1c(C(=O)O)cccc1-c1ccc(Cl)s1. The van der Waals surface area contributed by atoms with Crippen molar-refractivity contribution in [2.75, 3.05) is 0 Å². The van der Waals surface area contributed by atoms with E-state index in [0.717, 1.165) is 16.0 Å². The van der Waals surface area contributed by atoms with Crippen LogP contribution in [0.2, 0.25) is 4.34 Å². The second kappa shape index (κ2) is 4.28. The van der Waals surface area contributed by atoms with Gasteiger partial charge in [0.2, 0.25) is 0 Å². The molecular formula is C12H9ClO2S. The number of thiophene rings is 1. The minimum Gasteiger partial charge on any atom is -0.478 e. The van der Waals surface area contributed by atoms with Crippen molar-refractivity contribution in [3.8, 4) is 10.4 Å². The standard InChI is InChI=1S/C12H9ClO2S/c1-7-8(10-5-6-11(13)16-10)3-2-4-9(7)12(14)15/h2-6H,1H3,(H,14,15). The molecule has 0 aliphatic heterocycles. The summed E-state index contributed by atoms with van der Waals surface area (Å²) in [5.74, 6) is -0.901. The minimum absolute atomic E-state index is 0.335. The van der Waals surface area contributed by atoms with Crippen molar-refractivity contribution in [3.05, 3.63) is 45.8 Å². The Balaban J connectivity index is 2.58. The highest BCUT2D eigenvalue weighted by molar-refractivity contribution is 7.19. The van der Waals surface area contributed by atoms with Gasteiger partial charge >= 0.3 is 5.97 Å². The predicted octanol–water partition coefficient (Wildman–Crippen LogP) is 4.08. The number of carboxylic acids is 1. The molecule has 0 unspecified atom stereocenters. The molecule has 16 heavy (non-hydrogen) atoms. The third kappa shape index (κ3) is 1.96. The van der Waals surface area contributed by atoms with Crippen LogP contribution in [0.25, 0.3) is 10.4 Å². The summed E-state index contributed by atoms with van der Waals surface area (Å²) in [6.45, 7) is 1.81. The van der Waals surface area contributed by atoms with E-state index in [0.29, 0.717) is 9.90 Å². The molecule has 1 aromatic carbocycles. The smallest absolute Gasteiger partial charge is 0.335 e. The van der Waals surface area contributed by atoms with Crippen LogP contribution in [0.3, 0.4) is 0 Å². The first-order valence-electron chi connectivity index (χ1n) is 4.68. The molecule has 1 N–H and O–H groups in total. The van der Waals surface area contributed by atoms with Gasteiger partial charge in [-0.15, -0.1) is 11.3 Å². The van der Waals surface area contributed by atoms with E-state index in [9.17, 15) is 4.79 Å². The first-order valence-corrected chi connectivity index (χ1v) is 5.87. The summed E-state index contributed by atoms with van der Waals surface area (Å²) in [6, 6.07) is 8.98. The molecule has 1 aromatic heterocycles.